The van der Waals surface area contributed by atoms with E-state index in [-0.39, 0.29) is 18.4 Å². The van der Waals surface area contributed by atoms with E-state index in [4.69, 9.17) is 0 Å². The summed E-state index contributed by atoms with van der Waals surface area (Å²) in [5.41, 5.74) is -1.14. The van der Waals surface area contributed by atoms with Crippen molar-refractivity contribution in [3.05, 3.63) is 29.8 Å². The van der Waals surface area contributed by atoms with Gasteiger partial charge >= 0.3 is 12.2 Å². The number of hydrogen-bond acceptors (Lipinski definition) is 4. The first-order valence-electron chi connectivity index (χ1n) is 10.9. The number of hydrogen-bond donors (Lipinski definition) is 1. The van der Waals surface area contributed by atoms with Crippen LogP contribution in [-0.4, -0.2) is 65.9 Å². The maximum Gasteiger partial charge on any atom is 0.416 e. The molecule has 1 saturated carbocycles. The van der Waals surface area contributed by atoms with E-state index in [0.717, 1.165) is 29.9 Å². The van der Waals surface area contributed by atoms with Crippen molar-refractivity contribution in [2.24, 2.45) is 5.92 Å². The molecule has 2 aliphatic heterocycles. The maximum atomic E-state index is 13.0. The van der Waals surface area contributed by atoms with Crippen molar-refractivity contribution >= 4 is 23.5 Å². The molecule has 174 valence electrons. The molecule has 2 heterocycles. The Hall–Kier alpha value is -2.78. The second kappa shape index (κ2) is 8.29. The van der Waals surface area contributed by atoms with Crippen LogP contribution in [0.5, 0.6) is 0 Å². The highest BCUT2D eigenvalue weighted by atomic mass is 19.4. The molecule has 10 heteroatoms. The Morgan fingerprint density at radius 2 is 1.78 bits per heavy atom. The predicted molar refractivity (Wildman–Crippen MR) is 111 cm³/mol. The van der Waals surface area contributed by atoms with Crippen molar-refractivity contribution in [2.45, 2.75) is 44.3 Å². The standard InChI is InChI=1S/C22H27F3N4O3/c1-15-5-7-21(8-6-15)19(31)29(20(32)26-21)14-18(30)28-11-9-27(10-12-28)17-4-2-3-16(13-17)22(23,24)25/h2-4,13,15H,5-12,14H2,1H3,(H,26,32). The van der Waals surface area contributed by atoms with Crippen molar-refractivity contribution < 1.29 is 27.6 Å². The molecule has 32 heavy (non-hydrogen) atoms. The summed E-state index contributed by atoms with van der Waals surface area (Å²) in [4.78, 5) is 42.5. The van der Waals surface area contributed by atoms with Gasteiger partial charge in [-0.25, -0.2) is 4.79 Å². The summed E-state index contributed by atoms with van der Waals surface area (Å²) in [6, 6.07) is 4.59. The number of benzene rings is 1. The normalized spacial score (nSPS) is 26.6. The fraction of sp³-hybridized carbons (Fsp3) is 0.591. The number of rotatable bonds is 3. The molecule has 0 aromatic heterocycles. The van der Waals surface area contributed by atoms with Crippen LogP contribution in [0.25, 0.3) is 0 Å². The minimum absolute atomic E-state index is 0.307. The number of imide groups is 1. The summed E-state index contributed by atoms with van der Waals surface area (Å²) in [6.45, 7) is 3.16. The molecule has 1 aliphatic carbocycles. The highest BCUT2D eigenvalue weighted by Crippen LogP contribution is 2.36. The van der Waals surface area contributed by atoms with Gasteiger partial charge in [-0.05, 0) is 49.8 Å². The van der Waals surface area contributed by atoms with Gasteiger partial charge in [0.2, 0.25) is 5.91 Å². The maximum absolute atomic E-state index is 13.0. The Morgan fingerprint density at radius 1 is 1.12 bits per heavy atom. The topological polar surface area (TPSA) is 73.0 Å². The Balaban J connectivity index is 1.34. The monoisotopic (exact) mass is 452 g/mol. The van der Waals surface area contributed by atoms with Crippen LogP contribution in [0.3, 0.4) is 0 Å². The lowest BCUT2D eigenvalue weighted by molar-refractivity contribution is -0.139. The molecule has 4 rings (SSSR count). The molecule has 0 bridgehead atoms. The van der Waals surface area contributed by atoms with Gasteiger partial charge in [-0.1, -0.05) is 13.0 Å². The summed E-state index contributed by atoms with van der Waals surface area (Å²) in [5.74, 6) is -0.155. The molecular weight excluding hydrogens is 425 g/mol. The second-order valence-corrected chi connectivity index (χ2v) is 9.00. The zero-order chi connectivity index (χ0) is 23.1. The Kier molecular flexibility index (Phi) is 5.81. The van der Waals surface area contributed by atoms with Crippen LogP contribution in [0.2, 0.25) is 0 Å². The summed E-state index contributed by atoms with van der Waals surface area (Å²) in [6.07, 6.45) is -1.54. The summed E-state index contributed by atoms with van der Waals surface area (Å²) < 4.78 is 38.9. The van der Waals surface area contributed by atoms with Crippen LogP contribution in [-0.2, 0) is 15.8 Å². The van der Waals surface area contributed by atoms with E-state index < -0.39 is 23.3 Å². The first-order chi connectivity index (χ1) is 15.1. The lowest BCUT2D eigenvalue weighted by Crippen LogP contribution is -2.52. The first kappa shape index (κ1) is 22.4. The SMILES string of the molecule is CC1CCC2(CC1)NC(=O)N(CC(=O)N1CCN(c3cccc(C(F)(F)F)c3)CC1)C2=O. The summed E-state index contributed by atoms with van der Waals surface area (Å²) >= 11 is 0. The van der Waals surface area contributed by atoms with Crippen molar-refractivity contribution in [2.75, 3.05) is 37.6 Å². The fourth-order valence-electron chi connectivity index (χ4n) is 4.74. The van der Waals surface area contributed by atoms with E-state index in [0.29, 0.717) is 50.6 Å². The van der Waals surface area contributed by atoms with E-state index >= 15 is 0 Å². The first-order valence-corrected chi connectivity index (χ1v) is 10.9. The molecule has 1 N–H and O–H groups in total. The molecular formula is C22H27F3N4O3. The van der Waals surface area contributed by atoms with Gasteiger partial charge in [0.05, 0.1) is 5.56 Å². The van der Waals surface area contributed by atoms with Crippen LogP contribution in [0.4, 0.5) is 23.7 Å². The Labute approximate surface area is 184 Å². The van der Waals surface area contributed by atoms with E-state index in [1.54, 1.807) is 15.9 Å². The molecule has 0 atom stereocenters. The molecule has 3 fully saturated rings. The molecule has 1 aromatic carbocycles. The zero-order valence-electron chi connectivity index (χ0n) is 18.0. The van der Waals surface area contributed by atoms with Gasteiger partial charge in [0.25, 0.3) is 5.91 Å². The third-order valence-electron chi connectivity index (χ3n) is 6.84. The van der Waals surface area contributed by atoms with E-state index in [9.17, 15) is 27.6 Å². The Morgan fingerprint density at radius 3 is 2.41 bits per heavy atom. The van der Waals surface area contributed by atoms with Crippen molar-refractivity contribution in [1.29, 1.82) is 0 Å². The van der Waals surface area contributed by atoms with Gasteiger partial charge in [-0.2, -0.15) is 13.2 Å². The average molecular weight is 452 g/mol. The van der Waals surface area contributed by atoms with Crippen LogP contribution >= 0.6 is 0 Å². The largest absolute Gasteiger partial charge is 0.416 e. The van der Waals surface area contributed by atoms with Crippen LogP contribution < -0.4 is 10.2 Å². The Bertz CT molecular complexity index is 904. The van der Waals surface area contributed by atoms with Gasteiger partial charge in [0.1, 0.15) is 12.1 Å². The molecule has 7 nitrogen and oxygen atoms in total. The zero-order valence-corrected chi connectivity index (χ0v) is 18.0. The summed E-state index contributed by atoms with van der Waals surface area (Å²) in [5, 5.41) is 2.81. The van der Waals surface area contributed by atoms with Crippen LogP contribution in [0, 0.1) is 5.92 Å². The van der Waals surface area contributed by atoms with Gasteiger partial charge in [0, 0.05) is 31.9 Å². The number of alkyl halides is 3. The minimum atomic E-state index is -4.41. The van der Waals surface area contributed by atoms with Crippen molar-refractivity contribution in [1.82, 2.24) is 15.1 Å². The molecule has 4 amide bonds. The van der Waals surface area contributed by atoms with E-state index in [1.807, 2.05) is 0 Å². The van der Waals surface area contributed by atoms with E-state index in [2.05, 4.69) is 12.2 Å². The van der Waals surface area contributed by atoms with E-state index in [1.165, 1.54) is 6.07 Å². The van der Waals surface area contributed by atoms with Gasteiger partial charge in [0.15, 0.2) is 0 Å². The molecule has 3 aliphatic rings. The quantitative estimate of drug-likeness (QED) is 0.716. The number of urea groups is 1. The van der Waals surface area contributed by atoms with Crippen LogP contribution in [0.1, 0.15) is 38.2 Å². The summed E-state index contributed by atoms with van der Waals surface area (Å²) in [7, 11) is 0. The van der Waals surface area contributed by atoms with Crippen molar-refractivity contribution in [3.63, 3.8) is 0 Å². The number of carbonyl (C=O) groups is 3. The molecule has 0 radical (unpaired) electrons. The second-order valence-electron chi connectivity index (χ2n) is 9.00. The number of piperazine rings is 1. The minimum Gasteiger partial charge on any atom is -0.368 e. The van der Waals surface area contributed by atoms with Gasteiger partial charge in [-0.3, -0.25) is 14.5 Å². The molecule has 1 spiro atoms. The third kappa shape index (κ3) is 4.27. The molecule has 1 aromatic rings. The number of nitrogens with one attached hydrogen (secondary N) is 1. The number of nitrogens with zero attached hydrogens (tertiary/aromatic N) is 3. The number of carbonyl (C=O) groups excluding carboxylic acids is 3. The number of amides is 4. The fourth-order valence-corrected chi connectivity index (χ4v) is 4.74. The number of halogens is 3. The average Bonchev–Trinajstić information content (AvgIpc) is 2.99. The lowest BCUT2D eigenvalue weighted by atomic mass is 9.77. The molecule has 2 saturated heterocycles. The van der Waals surface area contributed by atoms with Gasteiger partial charge in [-0.15, -0.1) is 0 Å². The van der Waals surface area contributed by atoms with Crippen LogP contribution in [0.15, 0.2) is 24.3 Å². The lowest BCUT2D eigenvalue weighted by Gasteiger charge is -2.37. The number of anilines is 1. The smallest absolute Gasteiger partial charge is 0.368 e. The third-order valence-corrected chi connectivity index (χ3v) is 6.84. The highest BCUT2D eigenvalue weighted by molar-refractivity contribution is 6.09. The highest BCUT2D eigenvalue weighted by Gasteiger charge is 2.52. The van der Waals surface area contributed by atoms with Crippen molar-refractivity contribution in [3.8, 4) is 0 Å². The predicted octanol–water partition coefficient (Wildman–Crippen LogP) is 2.85. The van der Waals surface area contributed by atoms with Gasteiger partial charge < -0.3 is 15.1 Å². The molecule has 0 unspecified atom stereocenters.